The van der Waals surface area contributed by atoms with Gasteiger partial charge in [-0.1, -0.05) is 5.16 Å². The Kier molecular flexibility index (Phi) is 2.53. The number of oxime groups is 1. The molecule has 0 amide bonds. The quantitative estimate of drug-likeness (QED) is 0.314. The highest BCUT2D eigenvalue weighted by Crippen LogP contribution is 2.02. The molecule has 62 valence electrons. The number of Topliss-reactive ketones (excluding diaryl/α,β-unsaturated/α-hetero) is 1. The number of carbonyl (C=O) groups is 1. The monoisotopic (exact) mass is 167 g/mol. The molecule has 0 aromatic heterocycles. The van der Waals surface area contributed by atoms with E-state index in [4.69, 9.17) is 5.21 Å². The van der Waals surface area contributed by atoms with Gasteiger partial charge in [0, 0.05) is 5.56 Å². The number of ketones is 1. The zero-order valence-corrected chi connectivity index (χ0v) is 6.07. The van der Waals surface area contributed by atoms with E-state index in [-0.39, 0.29) is 5.56 Å². The van der Waals surface area contributed by atoms with Crippen LogP contribution in [-0.2, 0) is 0 Å². The number of hydrogen-bond donors (Lipinski definition) is 1. The van der Waals surface area contributed by atoms with Gasteiger partial charge in [0.25, 0.3) is 0 Å². The van der Waals surface area contributed by atoms with Crippen LogP contribution in [0.2, 0.25) is 0 Å². The second-order valence-corrected chi connectivity index (χ2v) is 2.12. The smallest absolute Gasteiger partial charge is 0.207 e. The Balaban J connectivity index is 2.90. The van der Waals surface area contributed by atoms with Crippen LogP contribution in [0.1, 0.15) is 10.4 Å². The van der Waals surface area contributed by atoms with Crippen molar-refractivity contribution in [2.24, 2.45) is 5.16 Å². The van der Waals surface area contributed by atoms with Crippen molar-refractivity contribution in [2.75, 3.05) is 0 Å². The van der Waals surface area contributed by atoms with Gasteiger partial charge in [0.2, 0.25) is 5.78 Å². The second-order valence-electron chi connectivity index (χ2n) is 2.12. The fourth-order valence-corrected chi connectivity index (χ4v) is 0.741. The van der Waals surface area contributed by atoms with E-state index in [1.54, 1.807) is 0 Å². The molecule has 0 saturated heterocycles. The molecule has 0 radical (unpaired) electrons. The summed E-state index contributed by atoms with van der Waals surface area (Å²) in [5.74, 6) is -0.870. The topological polar surface area (TPSA) is 49.7 Å². The molecule has 0 atom stereocenters. The number of hydrogen-bond acceptors (Lipinski definition) is 3. The average Bonchev–Trinajstić information content (AvgIpc) is 2.06. The highest BCUT2D eigenvalue weighted by Gasteiger charge is 2.01. The van der Waals surface area contributed by atoms with Crippen LogP contribution < -0.4 is 0 Å². The van der Waals surface area contributed by atoms with Crippen molar-refractivity contribution in [3.8, 4) is 0 Å². The predicted molar refractivity (Wildman–Crippen MR) is 41.0 cm³/mol. The first-order valence-electron chi connectivity index (χ1n) is 3.21. The summed E-state index contributed by atoms with van der Waals surface area (Å²) >= 11 is 0. The molecule has 1 rings (SSSR count). The maximum absolute atomic E-state index is 12.3. The van der Waals surface area contributed by atoms with Gasteiger partial charge in [-0.2, -0.15) is 0 Å². The zero-order chi connectivity index (χ0) is 8.97. The minimum absolute atomic E-state index is 0.286. The standard InChI is InChI=1S/C8H6FNO2/c9-7-3-1-6(2-4-7)8(11)5-10-12/h1-5,12H/b10-5+. The van der Waals surface area contributed by atoms with Crippen LogP contribution in [0.15, 0.2) is 29.4 Å². The largest absolute Gasteiger partial charge is 0.411 e. The van der Waals surface area contributed by atoms with Crippen molar-refractivity contribution >= 4 is 12.0 Å². The van der Waals surface area contributed by atoms with Gasteiger partial charge in [-0.15, -0.1) is 0 Å². The van der Waals surface area contributed by atoms with Crippen molar-refractivity contribution in [1.29, 1.82) is 0 Å². The van der Waals surface area contributed by atoms with E-state index >= 15 is 0 Å². The molecule has 0 saturated carbocycles. The normalized spacial score (nSPS) is 10.4. The van der Waals surface area contributed by atoms with Crippen molar-refractivity contribution in [2.45, 2.75) is 0 Å². The van der Waals surface area contributed by atoms with Crippen LogP contribution in [0.25, 0.3) is 0 Å². The summed E-state index contributed by atoms with van der Waals surface area (Å²) in [4.78, 5) is 10.9. The maximum Gasteiger partial charge on any atom is 0.207 e. The summed E-state index contributed by atoms with van der Waals surface area (Å²) in [7, 11) is 0. The summed E-state index contributed by atoms with van der Waals surface area (Å²) in [5.41, 5.74) is 0.286. The van der Waals surface area contributed by atoms with E-state index in [0.29, 0.717) is 0 Å². The Morgan fingerprint density at radius 1 is 1.42 bits per heavy atom. The molecule has 0 aliphatic rings. The molecule has 0 fully saturated rings. The SMILES string of the molecule is O=C(/C=N/O)c1ccc(F)cc1. The third-order valence-corrected chi connectivity index (χ3v) is 1.30. The van der Waals surface area contributed by atoms with Crippen molar-refractivity contribution in [3.05, 3.63) is 35.6 Å². The highest BCUT2D eigenvalue weighted by molar-refractivity contribution is 6.35. The third kappa shape index (κ3) is 1.88. The Bertz CT molecular complexity index is 305. The lowest BCUT2D eigenvalue weighted by Crippen LogP contribution is -1.99. The van der Waals surface area contributed by atoms with Gasteiger partial charge in [-0.3, -0.25) is 4.79 Å². The van der Waals surface area contributed by atoms with Crippen LogP contribution in [0.3, 0.4) is 0 Å². The zero-order valence-electron chi connectivity index (χ0n) is 6.07. The lowest BCUT2D eigenvalue weighted by Gasteiger charge is -1.92. The number of rotatable bonds is 2. The van der Waals surface area contributed by atoms with Gasteiger partial charge in [-0.05, 0) is 24.3 Å². The predicted octanol–water partition coefficient (Wildman–Crippen LogP) is 1.47. The van der Waals surface area contributed by atoms with Gasteiger partial charge < -0.3 is 5.21 Å². The first kappa shape index (κ1) is 8.39. The molecular weight excluding hydrogens is 161 g/mol. The fraction of sp³-hybridized carbons (Fsp3) is 0. The Labute approximate surface area is 68.1 Å². The van der Waals surface area contributed by atoms with Crippen molar-refractivity contribution in [3.63, 3.8) is 0 Å². The molecule has 0 heterocycles. The molecular formula is C8H6FNO2. The summed E-state index contributed by atoms with van der Waals surface area (Å²) in [6.07, 6.45) is 0.757. The number of halogens is 1. The number of nitrogens with zero attached hydrogens (tertiary/aromatic N) is 1. The van der Waals surface area contributed by atoms with Crippen LogP contribution in [0.5, 0.6) is 0 Å². The van der Waals surface area contributed by atoms with Crippen LogP contribution in [0.4, 0.5) is 4.39 Å². The summed E-state index contributed by atoms with van der Waals surface area (Å²) in [6.45, 7) is 0. The Morgan fingerprint density at radius 2 is 2.00 bits per heavy atom. The molecule has 1 aromatic rings. The van der Waals surface area contributed by atoms with E-state index in [1.807, 2.05) is 0 Å². The minimum Gasteiger partial charge on any atom is -0.411 e. The highest BCUT2D eigenvalue weighted by atomic mass is 19.1. The second kappa shape index (κ2) is 3.61. The molecule has 1 N–H and O–H groups in total. The molecule has 0 spiro atoms. The van der Waals surface area contributed by atoms with Crippen molar-refractivity contribution in [1.82, 2.24) is 0 Å². The van der Waals surface area contributed by atoms with Gasteiger partial charge >= 0.3 is 0 Å². The van der Waals surface area contributed by atoms with E-state index < -0.39 is 11.6 Å². The Morgan fingerprint density at radius 3 is 2.50 bits per heavy atom. The Hall–Kier alpha value is -1.71. The molecule has 3 nitrogen and oxygen atoms in total. The molecule has 0 aliphatic heterocycles. The molecule has 1 aromatic carbocycles. The summed E-state index contributed by atoms with van der Waals surface area (Å²) < 4.78 is 12.3. The molecule has 0 unspecified atom stereocenters. The summed E-state index contributed by atoms with van der Waals surface area (Å²) in [6, 6.07) is 4.97. The van der Waals surface area contributed by atoms with E-state index in [9.17, 15) is 9.18 Å². The first-order chi connectivity index (χ1) is 5.74. The number of carbonyl (C=O) groups excluding carboxylic acids is 1. The van der Waals surface area contributed by atoms with E-state index in [2.05, 4.69) is 5.16 Å². The lowest BCUT2D eigenvalue weighted by molar-refractivity contribution is 0.106. The third-order valence-electron chi connectivity index (χ3n) is 1.30. The fourth-order valence-electron chi connectivity index (χ4n) is 0.741. The van der Waals surface area contributed by atoms with Crippen LogP contribution in [-0.4, -0.2) is 17.2 Å². The molecule has 12 heavy (non-hydrogen) atoms. The van der Waals surface area contributed by atoms with Gasteiger partial charge in [0.05, 0.1) is 0 Å². The van der Waals surface area contributed by atoms with Gasteiger partial charge in [0.1, 0.15) is 12.0 Å². The van der Waals surface area contributed by atoms with Gasteiger partial charge in [0.15, 0.2) is 0 Å². The summed E-state index contributed by atoms with van der Waals surface area (Å²) in [5, 5.41) is 10.6. The first-order valence-corrected chi connectivity index (χ1v) is 3.21. The van der Waals surface area contributed by atoms with E-state index in [1.165, 1.54) is 24.3 Å². The average molecular weight is 167 g/mol. The minimum atomic E-state index is -0.461. The molecule has 0 bridgehead atoms. The number of benzene rings is 1. The van der Waals surface area contributed by atoms with Crippen molar-refractivity contribution < 1.29 is 14.4 Å². The van der Waals surface area contributed by atoms with E-state index in [0.717, 1.165) is 6.21 Å². The van der Waals surface area contributed by atoms with Crippen LogP contribution >= 0.6 is 0 Å². The molecule has 0 aliphatic carbocycles. The van der Waals surface area contributed by atoms with Gasteiger partial charge in [-0.25, -0.2) is 4.39 Å². The maximum atomic E-state index is 12.3. The lowest BCUT2D eigenvalue weighted by atomic mass is 10.1. The molecule has 4 heteroatoms. The van der Waals surface area contributed by atoms with Crippen LogP contribution in [0, 0.1) is 5.82 Å².